The molecule has 0 aromatic heterocycles. The van der Waals surface area contributed by atoms with Crippen LogP contribution in [0, 0.1) is 5.92 Å². The van der Waals surface area contributed by atoms with E-state index in [9.17, 15) is 9.59 Å². The fourth-order valence-electron chi connectivity index (χ4n) is 1.44. The van der Waals surface area contributed by atoms with Crippen LogP contribution in [0.25, 0.3) is 0 Å². The molecule has 0 saturated carbocycles. The molecule has 17 heavy (non-hydrogen) atoms. The number of nitrogens with one attached hydrogen (secondary N) is 1. The van der Waals surface area contributed by atoms with Crippen LogP contribution < -0.4 is 5.32 Å². The molecule has 0 aromatic carbocycles. The number of amides is 1. The van der Waals surface area contributed by atoms with Gasteiger partial charge in [0, 0.05) is 18.7 Å². The topological polar surface area (TPSA) is 55.4 Å². The summed E-state index contributed by atoms with van der Waals surface area (Å²) in [6, 6.07) is 0. The summed E-state index contributed by atoms with van der Waals surface area (Å²) in [5, 5.41) is 2.65. The third kappa shape index (κ3) is 8.25. The van der Waals surface area contributed by atoms with Crippen LogP contribution in [-0.4, -0.2) is 18.5 Å². The molecule has 0 heterocycles. The number of allylic oxidation sites excluding steroid dienone is 3. The van der Waals surface area contributed by atoms with E-state index in [0.29, 0.717) is 18.7 Å². The Hall–Kier alpha value is -1.58. The van der Waals surface area contributed by atoms with Crippen molar-refractivity contribution in [3.63, 3.8) is 0 Å². The Morgan fingerprint density at radius 1 is 1.41 bits per heavy atom. The smallest absolute Gasteiger partial charge is 0.332 e. The minimum atomic E-state index is -0.427. The quantitative estimate of drug-likeness (QED) is 0.439. The predicted octanol–water partition coefficient (Wildman–Crippen LogP) is 2.17. The van der Waals surface area contributed by atoms with Crippen molar-refractivity contribution in [1.29, 1.82) is 0 Å². The van der Waals surface area contributed by atoms with Gasteiger partial charge in [0.2, 0.25) is 5.91 Å². The second-order valence-electron chi connectivity index (χ2n) is 3.81. The third-order valence-electron chi connectivity index (χ3n) is 1.98. The van der Waals surface area contributed by atoms with Gasteiger partial charge < -0.3 is 10.1 Å². The Labute approximate surface area is 103 Å². The molecule has 0 fully saturated rings. The zero-order valence-electron chi connectivity index (χ0n) is 10.9. The molecule has 0 aliphatic heterocycles. The van der Waals surface area contributed by atoms with E-state index in [1.54, 1.807) is 6.92 Å². The van der Waals surface area contributed by atoms with Gasteiger partial charge in [-0.15, -0.1) is 0 Å². The molecule has 0 aliphatic carbocycles. The summed E-state index contributed by atoms with van der Waals surface area (Å²) >= 11 is 0. The maximum atomic E-state index is 11.3. The predicted molar refractivity (Wildman–Crippen MR) is 67.1 cm³/mol. The van der Waals surface area contributed by atoms with Gasteiger partial charge in [0.15, 0.2) is 0 Å². The molecule has 0 bridgehead atoms. The molecule has 1 N–H and O–H groups in total. The van der Waals surface area contributed by atoms with Gasteiger partial charge in [-0.05, 0) is 26.2 Å². The fraction of sp³-hybridized carbons (Fsp3) is 0.538. The first-order chi connectivity index (χ1) is 7.99. The first kappa shape index (κ1) is 15.4. The van der Waals surface area contributed by atoms with Crippen LogP contribution >= 0.6 is 0 Å². The summed E-state index contributed by atoms with van der Waals surface area (Å²) in [6.07, 6.45) is 5.90. The number of ether oxygens (including phenoxy) is 1. The lowest BCUT2D eigenvalue weighted by Gasteiger charge is -2.11. The van der Waals surface area contributed by atoms with Crippen molar-refractivity contribution in [3.8, 4) is 0 Å². The first-order valence-electron chi connectivity index (χ1n) is 5.77. The van der Waals surface area contributed by atoms with Crippen molar-refractivity contribution in [2.75, 3.05) is 6.61 Å². The van der Waals surface area contributed by atoms with E-state index in [4.69, 9.17) is 4.74 Å². The van der Waals surface area contributed by atoms with Crippen molar-refractivity contribution in [3.05, 3.63) is 23.9 Å². The van der Waals surface area contributed by atoms with Crippen LogP contribution in [0.5, 0.6) is 0 Å². The molecule has 0 unspecified atom stereocenters. The molecule has 1 amide bonds. The number of carbonyl (C=O) groups is 2. The number of hydrogen-bond acceptors (Lipinski definition) is 3. The molecule has 0 radical (unpaired) electrons. The molecule has 0 spiro atoms. The molecule has 0 aromatic rings. The van der Waals surface area contributed by atoms with Gasteiger partial charge in [-0.2, -0.15) is 0 Å². The molecule has 1 atom stereocenters. The van der Waals surface area contributed by atoms with E-state index in [0.717, 1.165) is 0 Å². The molecule has 0 saturated heterocycles. The van der Waals surface area contributed by atoms with Crippen LogP contribution in [0.3, 0.4) is 0 Å². The molecule has 0 rings (SSSR count). The lowest BCUT2D eigenvalue weighted by Crippen LogP contribution is -2.21. The second-order valence-corrected chi connectivity index (χ2v) is 3.81. The van der Waals surface area contributed by atoms with Gasteiger partial charge in [0.05, 0.1) is 6.61 Å². The van der Waals surface area contributed by atoms with Crippen LogP contribution in [0.2, 0.25) is 0 Å². The third-order valence-corrected chi connectivity index (χ3v) is 1.98. The van der Waals surface area contributed by atoms with Crippen LogP contribution in [0.1, 0.15) is 34.1 Å². The SMILES string of the molecule is C/C=C/[C@@H](C)C/C(=C\C(=O)OCC)NC(C)=O. The number of rotatable bonds is 6. The van der Waals surface area contributed by atoms with Crippen molar-refractivity contribution in [1.82, 2.24) is 5.32 Å². The highest BCUT2D eigenvalue weighted by molar-refractivity contribution is 5.84. The van der Waals surface area contributed by atoms with Gasteiger partial charge in [0.1, 0.15) is 0 Å². The summed E-state index contributed by atoms with van der Waals surface area (Å²) < 4.78 is 4.81. The fourth-order valence-corrected chi connectivity index (χ4v) is 1.44. The molecule has 0 aliphatic rings. The Bertz CT molecular complexity index is 319. The average Bonchev–Trinajstić information content (AvgIpc) is 2.16. The molecule has 4 heteroatoms. The molecular formula is C13H21NO3. The van der Waals surface area contributed by atoms with Crippen molar-refractivity contribution in [2.45, 2.75) is 34.1 Å². The first-order valence-corrected chi connectivity index (χ1v) is 5.77. The minimum absolute atomic E-state index is 0.187. The van der Waals surface area contributed by atoms with E-state index >= 15 is 0 Å². The summed E-state index contributed by atoms with van der Waals surface area (Å²) in [5.74, 6) is -0.357. The highest BCUT2D eigenvalue weighted by Gasteiger charge is 2.07. The maximum absolute atomic E-state index is 11.3. The summed E-state index contributed by atoms with van der Waals surface area (Å²) in [6.45, 7) is 7.43. The van der Waals surface area contributed by atoms with Gasteiger partial charge in [-0.25, -0.2) is 4.79 Å². The highest BCUT2D eigenvalue weighted by Crippen LogP contribution is 2.10. The monoisotopic (exact) mass is 239 g/mol. The van der Waals surface area contributed by atoms with Crippen LogP contribution in [-0.2, 0) is 14.3 Å². The standard InChI is InChI=1S/C13H21NO3/c1-5-7-10(3)8-12(14-11(4)15)9-13(16)17-6-2/h5,7,9-10H,6,8H2,1-4H3,(H,14,15)/b7-5+,12-9+/t10-/m1/s1. The van der Waals surface area contributed by atoms with E-state index in [2.05, 4.69) is 5.32 Å². The summed E-state index contributed by atoms with van der Waals surface area (Å²) in [5.41, 5.74) is 0.585. The van der Waals surface area contributed by atoms with Crippen LogP contribution in [0.4, 0.5) is 0 Å². The second kappa shape index (κ2) is 8.56. The maximum Gasteiger partial charge on any atom is 0.332 e. The highest BCUT2D eigenvalue weighted by atomic mass is 16.5. The largest absolute Gasteiger partial charge is 0.463 e. The van der Waals surface area contributed by atoms with Crippen LogP contribution in [0.15, 0.2) is 23.9 Å². The Balaban J connectivity index is 4.62. The van der Waals surface area contributed by atoms with Gasteiger partial charge in [-0.3, -0.25) is 4.79 Å². The Kier molecular flexibility index (Phi) is 7.76. The normalized spacial score (nSPS) is 13.5. The minimum Gasteiger partial charge on any atom is -0.463 e. The van der Waals surface area contributed by atoms with Crippen molar-refractivity contribution < 1.29 is 14.3 Å². The van der Waals surface area contributed by atoms with E-state index in [1.807, 2.05) is 26.0 Å². The van der Waals surface area contributed by atoms with Gasteiger partial charge in [-0.1, -0.05) is 19.1 Å². The molecule has 96 valence electrons. The lowest BCUT2D eigenvalue weighted by atomic mass is 10.0. The zero-order chi connectivity index (χ0) is 13.3. The lowest BCUT2D eigenvalue weighted by molar-refractivity contribution is -0.137. The van der Waals surface area contributed by atoms with Gasteiger partial charge in [0.25, 0.3) is 0 Å². The van der Waals surface area contributed by atoms with Crippen molar-refractivity contribution >= 4 is 11.9 Å². The number of esters is 1. The van der Waals surface area contributed by atoms with Crippen molar-refractivity contribution in [2.24, 2.45) is 5.92 Å². The average molecular weight is 239 g/mol. The molecular weight excluding hydrogens is 218 g/mol. The van der Waals surface area contributed by atoms with Gasteiger partial charge >= 0.3 is 5.97 Å². The Morgan fingerprint density at radius 2 is 2.06 bits per heavy atom. The van der Waals surface area contributed by atoms with E-state index in [1.165, 1.54) is 13.0 Å². The number of hydrogen-bond donors (Lipinski definition) is 1. The Morgan fingerprint density at radius 3 is 2.53 bits per heavy atom. The number of carbonyl (C=O) groups excluding carboxylic acids is 2. The summed E-state index contributed by atoms with van der Waals surface area (Å²) in [7, 11) is 0. The zero-order valence-corrected chi connectivity index (χ0v) is 10.9. The van der Waals surface area contributed by atoms with E-state index in [-0.39, 0.29) is 11.8 Å². The van der Waals surface area contributed by atoms with E-state index < -0.39 is 5.97 Å². The summed E-state index contributed by atoms with van der Waals surface area (Å²) in [4.78, 5) is 22.3. The molecule has 4 nitrogen and oxygen atoms in total.